The third-order valence-corrected chi connectivity index (χ3v) is 7.22. The van der Waals surface area contributed by atoms with E-state index in [1.165, 1.54) is 13.2 Å². The maximum atomic E-state index is 12.4. The van der Waals surface area contributed by atoms with E-state index in [9.17, 15) is 14.4 Å². The summed E-state index contributed by atoms with van der Waals surface area (Å²) < 4.78 is 4.96. The molecule has 0 spiro atoms. The lowest BCUT2D eigenvalue weighted by Gasteiger charge is -2.57. The van der Waals surface area contributed by atoms with Crippen LogP contribution in [0.25, 0.3) is 0 Å². The molecule has 1 saturated carbocycles. The second-order valence-corrected chi connectivity index (χ2v) is 8.88. The summed E-state index contributed by atoms with van der Waals surface area (Å²) in [4.78, 5) is 35.7. The molecule has 5 nitrogen and oxygen atoms in total. The van der Waals surface area contributed by atoms with Crippen LogP contribution in [0.3, 0.4) is 0 Å². The number of fused-ring (bicyclic) bond motifs is 1. The zero-order valence-corrected chi connectivity index (χ0v) is 16.6. The van der Waals surface area contributed by atoms with E-state index in [1.807, 2.05) is 6.92 Å². The van der Waals surface area contributed by atoms with Gasteiger partial charge in [-0.05, 0) is 54.9 Å². The molecule has 0 aromatic carbocycles. The fraction of sp³-hybridized carbons (Fsp3) is 0.762. The molecule has 0 saturated heterocycles. The number of aliphatic carboxylic acids is 1. The van der Waals surface area contributed by atoms with Crippen LogP contribution in [0.1, 0.15) is 66.2 Å². The molecule has 0 unspecified atom stereocenters. The Bertz CT molecular complexity index is 622. The molecule has 1 N–H and O–H groups in total. The standard InChI is InChI=1S/C21H32O5/c1-13(10-18(23)24)6-8-20(3)14(2)7-9-21(4)16(19(25)26-5)11-15(22)12-17(20)21/h11,13-14,17H,6-10,12H2,1-5H3,(H,23,24)/t13-,14+,17+,20-,21+/m0/s1. The number of carboxylic acid groups (broad SMARTS) is 1. The molecule has 146 valence electrons. The van der Waals surface area contributed by atoms with Gasteiger partial charge in [-0.2, -0.15) is 0 Å². The van der Waals surface area contributed by atoms with Gasteiger partial charge < -0.3 is 9.84 Å². The van der Waals surface area contributed by atoms with Gasteiger partial charge in [-0.3, -0.25) is 9.59 Å². The summed E-state index contributed by atoms with van der Waals surface area (Å²) in [5.41, 5.74) is 0.0410. The van der Waals surface area contributed by atoms with Crippen LogP contribution in [0.4, 0.5) is 0 Å². The van der Waals surface area contributed by atoms with Crippen LogP contribution >= 0.6 is 0 Å². The number of ether oxygens (including phenoxy) is 1. The van der Waals surface area contributed by atoms with Crippen LogP contribution in [0, 0.1) is 28.6 Å². The van der Waals surface area contributed by atoms with Crippen molar-refractivity contribution in [1.29, 1.82) is 0 Å². The Balaban J connectivity index is 2.32. The fourth-order valence-corrected chi connectivity index (χ4v) is 5.24. The van der Waals surface area contributed by atoms with Crippen molar-refractivity contribution in [3.63, 3.8) is 0 Å². The lowest BCUT2D eigenvalue weighted by Crippen LogP contribution is -2.52. The number of carboxylic acids is 1. The molecular formula is C21H32O5. The quantitative estimate of drug-likeness (QED) is 0.720. The van der Waals surface area contributed by atoms with Crippen LogP contribution in [-0.2, 0) is 19.1 Å². The second-order valence-electron chi connectivity index (χ2n) is 8.88. The lowest BCUT2D eigenvalue weighted by molar-refractivity contribution is -0.143. The van der Waals surface area contributed by atoms with Gasteiger partial charge in [0.05, 0.1) is 7.11 Å². The van der Waals surface area contributed by atoms with E-state index in [4.69, 9.17) is 9.84 Å². The van der Waals surface area contributed by atoms with Gasteiger partial charge in [0, 0.05) is 23.8 Å². The predicted octanol–water partition coefficient (Wildman–Crippen LogP) is 4.01. The lowest BCUT2D eigenvalue weighted by atomic mass is 9.46. The summed E-state index contributed by atoms with van der Waals surface area (Å²) in [6.07, 6.45) is 5.64. The molecule has 2 aliphatic carbocycles. The van der Waals surface area contributed by atoms with Gasteiger partial charge in [-0.15, -0.1) is 0 Å². The molecular weight excluding hydrogens is 332 g/mol. The van der Waals surface area contributed by atoms with Crippen molar-refractivity contribution < 1.29 is 24.2 Å². The number of carbonyl (C=O) groups is 3. The molecule has 26 heavy (non-hydrogen) atoms. The highest BCUT2D eigenvalue weighted by atomic mass is 16.5. The Morgan fingerprint density at radius 1 is 1.38 bits per heavy atom. The molecule has 0 aromatic heterocycles. The van der Waals surface area contributed by atoms with Crippen LogP contribution in [-0.4, -0.2) is 29.9 Å². The highest BCUT2D eigenvalue weighted by molar-refractivity contribution is 6.02. The van der Waals surface area contributed by atoms with Gasteiger partial charge in [0.25, 0.3) is 0 Å². The van der Waals surface area contributed by atoms with E-state index >= 15 is 0 Å². The number of methoxy groups -OCH3 is 1. The Morgan fingerprint density at radius 2 is 2.04 bits per heavy atom. The topological polar surface area (TPSA) is 80.7 Å². The van der Waals surface area contributed by atoms with Crippen molar-refractivity contribution in [2.24, 2.45) is 28.6 Å². The van der Waals surface area contributed by atoms with Crippen LogP contribution in [0.2, 0.25) is 0 Å². The summed E-state index contributed by atoms with van der Waals surface area (Å²) in [7, 11) is 1.36. The average molecular weight is 364 g/mol. The minimum absolute atomic E-state index is 0.00761. The Kier molecular flexibility index (Phi) is 5.99. The highest BCUT2D eigenvalue weighted by Gasteiger charge is 2.56. The molecule has 5 heteroatoms. The average Bonchev–Trinajstić information content (AvgIpc) is 2.57. The summed E-state index contributed by atoms with van der Waals surface area (Å²) in [5.74, 6) is -0.592. The summed E-state index contributed by atoms with van der Waals surface area (Å²) in [6, 6.07) is 0. The number of rotatable bonds is 6. The summed E-state index contributed by atoms with van der Waals surface area (Å²) >= 11 is 0. The zero-order chi connectivity index (χ0) is 19.7. The largest absolute Gasteiger partial charge is 0.481 e. The second kappa shape index (κ2) is 7.53. The minimum Gasteiger partial charge on any atom is -0.481 e. The first-order valence-electron chi connectivity index (χ1n) is 9.59. The first-order chi connectivity index (χ1) is 12.0. The maximum absolute atomic E-state index is 12.4. The van der Waals surface area contributed by atoms with Crippen molar-refractivity contribution in [2.75, 3.05) is 7.11 Å². The van der Waals surface area contributed by atoms with Gasteiger partial charge >= 0.3 is 11.9 Å². The molecule has 5 atom stereocenters. The predicted molar refractivity (Wildman–Crippen MR) is 98.5 cm³/mol. The molecule has 1 fully saturated rings. The summed E-state index contributed by atoms with van der Waals surface area (Å²) in [6.45, 7) is 8.51. The summed E-state index contributed by atoms with van der Waals surface area (Å²) in [5, 5.41) is 9.02. The van der Waals surface area contributed by atoms with E-state index in [-0.39, 0.29) is 34.9 Å². The van der Waals surface area contributed by atoms with Gasteiger partial charge in [0.15, 0.2) is 5.78 Å². The van der Waals surface area contributed by atoms with E-state index < -0.39 is 11.9 Å². The van der Waals surface area contributed by atoms with E-state index in [1.54, 1.807) is 0 Å². The normalized spacial score (nSPS) is 35.3. The van der Waals surface area contributed by atoms with Gasteiger partial charge in [0.2, 0.25) is 0 Å². The molecule has 0 amide bonds. The van der Waals surface area contributed by atoms with Crippen molar-refractivity contribution in [3.05, 3.63) is 11.6 Å². The smallest absolute Gasteiger partial charge is 0.334 e. The Labute approximate surface area is 156 Å². The monoisotopic (exact) mass is 364 g/mol. The SMILES string of the molecule is COC(=O)C1=CC(=O)C[C@@H]2[C@@](C)(CC[C@H](C)CC(=O)O)[C@H](C)CC[C@]12C. The molecule has 0 heterocycles. The van der Waals surface area contributed by atoms with Crippen molar-refractivity contribution in [1.82, 2.24) is 0 Å². The molecule has 0 bridgehead atoms. The first-order valence-corrected chi connectivity index (χ1v) is 9.59. The fourth-order valence-electron chi connectivity index (χ4n) is 5.24. The molecule has 2 rings (SSSR count). The number of hydrogen-bond donors (Lipinski definition) is 1. The van der Waals surface area contributed by atoms with Crippen LogP contribution in [0.15, 0.2) is 11.6 Å². The molecule has 0 aromatic rings. The van der Waals surface area contributed by atoms with Gasteiger partial charge in [0.1, 0.15) is 0 Å². The van der Waals surface area contributed by atoms with Crippen molar-refractivity contribution in [3.8, 4) is 0 Å². The number of esters is 1. The van der Waals surface area contributed by atoms with E-state index in [0.29, 0.717) is 17.9 Å². The minimum atomic E-state index is -0.770. The number of carbonyl (C=O) groups excluding carboxylic acids is 2. The molecule has 2 aliphatic rings. The molecule has 0 aliphatic heterocycles. The van der Waals surface area contributed by atoms with Crippen molar-refractivity contribution >= 4 is 17.7 Å². The maximum Gasteiger partial charge on any atom is 0.334 e. The molecule has 0 radical (unpaired) electrons. The zero-order valence-electron chi connectivity index (χ0n) is 16.6. The van der Waals surface area contributed by atoms with E-state index in [2.05, 4.69) is 20.8 Å². The van der Waals surface area contributed by atoms with Gasteiger partial charge in [-0.1, -0.05) is 27.7 Å². The number of ketones is 1. The highest BCUT2D eigenvalue weighted by Crippen LogP contribution is 2.61. The number of hydrogen-bond acceptors (Lipinski definition) is 4. The Hall–Kier alpha value is -1.65. The Morgan fingerprint density at radius 3 is 2.62 bits per heavy atom. The third-order valence-electron chi connectivity index (χ3n) is 7.22. The van der Waals surface area contributed by atoms with Crippen LogP contribution in [0.5, 0.6) is 0 Å². The number of allylic oxidation sites excluding steroid dienone is 1. The van der Waals surface area contributed by atoms with E-state index in [0.717, 1.165) is 25.7 Å². The third kappa shape index (κ3) is 3.72. The first kappa shape index (κ1) is 20.7. The van der Waals surface area contributed by atoms with Crippen molar-refractivity contribution in [2.45, 2.75) is 66.2 Å². The van der Waals surface area contributed by atoms with Gasteiger partial charge in [-0.25, -0.2) is 4.79 Å². The van der Waals surface area contributed by atoms with Crippen LogP contribution < -0.4 is 0 Å².